The molecule has 1 N–H and O–H groups in total. The molecule has 0 bridgehead atoms. The van der Waals surface area contributed by atoms with E-state index in [0.717, 1.165) is 10.5 Å². The third kappa shape index (κ3) is 3.73. The van der Waals surface area contributed by atoms with Crippen LogP contribution < -0.4 is 10.2 Å². The molecule has 1 fully saturated rings. The lowest BCUT2D eigenvalue weighted by molar-refractivity contribution is -0.122. The van der Waals surface area contributed by atoms with Gasteiger partial charge in [-0.15, -0.1) is 0 Å². The van der Waals surface area contributed by atoms with Crippen LogP contribution in [0.3, 0.4) is 0 Å². The number of nitrogens with zero attached hydrogens (tertiary/aromatic N) is 1. The predicted octanol–water partition coefficient (Wildman–Crippen LogP) is 5.57. The third-order valence-electron chi connectivity index (χ3n) is 4.30. The van der Waals surface area contributed by atoms with Crippen molar-refractivity contribution in [2.24, 2.45) is 0 Å². The fourth-order valence-electron chi connectivity index (χ4n) is 2.91. The van der Waals surface area contributed by atoms with Crippen molar-refractivity contribution in [2.75, 3.05) is 4.90 Å². The smallest absolute Gasteiger partial charge is 0.336 e. The van der Waals surface area contributed by atoms with Crippen molar-refractivity contribution in [3.63, 3.8) is 0 Å². The van der Waals surface area contributed by atoms with Gasteiger partial charge in [0.05, 0.1) is 15.7 Å². The lowest BCUT2D eigenvalue weighted by Gasteiger charge is -2.27. The second-order valence-electron chi connectivity index (χ2n) is 6.24. The standard InChI is InChI=1S/C21H11Cl3N2O4/c22-12-4-1-3-11(9-12)17-8-7-13(30-17)10-14-19(27)25-21(29)26(20(14)28)16-6-2-5-15(23)18(16)24/h1-10H,(H,25,27,29)/b14-10+. The second-order valence-corrected chi connectivity index (χ2v) is 7.46. The van der Waals surface area contributed by atoms with Gasteiger partial charge < -0.3 is 4.42 Å². The number of rotatable bonds is 3. The molecule has 3 aromatic rings. The van der Waals surface area contributed by atoms with Crippen molar-refractivity contribution >= 4 is 64.4 Å². The lowest BCUT2D eigenvalue weighted by Crippen LogP contribution is -2.54. The van der Waals surface area contributed by atoms with Crippen LogP contribution in [-0.2, 0) is 9.59 Å². The number of hydrogen-bond acceptors (Lipinski definition) is 4. The largest absolute Gasteiger partial charge is 0.457 e. The molecule has 0 saturated carbocycles. The normalized spacial score (nSPS) is 15.6. The highest BCUT2D eigenvalue weighted by Gasteiger charge is 2.38. The number of nitrogens with one attached hydrogen (secondary N) is 1. The number of barbiturate groups is 1. The van der Waals surface area contributed by atoms with E-state index in [0.29, 0.717) is 10.8 Å². The average Bonchev–Trinajstić information content (AvgIpc) is 3.17. The summed E-state index contributed by atoms with van der Waals surface area (Å²) in [6.45, 7) is 0. The maximum Gasteiger partial charge on any atom is 0.336 e. The average molecular weight is 462 g/mol. The molecular formula is C21H11Cl3N2O4. The maximum absolute atomic E-state index is 13.0. The monoisotopic (exact) mass is 460 g/mol. The van der Waals surface area contributed by atoms with Crippen molar-refractivity contribution < 1.29 is 18.8 Å². The summed E-state index contributed by atoms with van der Waals surface area (Å²) < 4.78 is 5.72. The molecule has 1 aliphatic heterocycles. The van der Waals surface area contributed by atoms with Crippen LogP contribution in [0.2, 0.25) is 15.1 Å². The van der Waals surface area contributed by atoms with Gasteiger partial charge in [-0.05, 0) is 42.5 Å². The van der Waals surface area contributed by atoms with E-state index in [1.807, 2.05) is 6.07 Å². The number of carbonyl (C=O) groups is 3. The van der Waals surface area contributed by atoms with Gasteiger partial charge in [-0.1, -0.05) is 53.0 Å². The molecule has 30 heavy (non-hydrogen) atoms. The highest BCUT2D eigenvalue weighted by Crippen LogP contribution is 2.34. The molecule has 0 spiro atoms. The number of urea groups is 1. The molecule has 2 heterocycles. The SMILES string of the molecule is O=C1NC(=O)N(c2cccc(Cl)c2Cl)C(=O)/C1=C/c1ccc(-c2cccc(Cl)c2)o1. The van der Waals surface area contributed by atoms with E-state index in [4.69, 9.17) is 39.2 Å². The van der Waals surface area contributed by atoms with Gasteiger partial charge in [0.25, 0.3) is 11.8 Å². The number of benzene rings is 2. The summed E-state index contributed by atoms with van der Waals surface area (Å²) in [6.07, 6.45) is 1.25. The van der Waals surface area contributed by atoms with Crippen LogP contribution in [-0.4, -0.2) is 17.8 Å². The highest BCUT2D eigenvalue weighted by molar-refractivity contribution is 6.46. The van der Waals surface area contributed by atoms with E-state index in [1.165, 1.54) is 24.3 Å². The lowest BCUT2D eigenvalue weighted by atomic mass is 10.1. The Bertz CT molecular complexity index is 1230. The van der Waals surface area contributed by atoms with Crippen molar-refractivity contribution in [3.05, 3.63) is 81.0 Å². The van der Waals surface area contributed by atoms with Gasteiger partial charge in [0.1, 0.15) is 17.1 Å². The van der Waals surface area contributed by atoms with E-state index in [2.05, 4.69) is 5.32 Å². The zero-order valence-corrected chi connectivity index (χ0v) is 17.3. The fourth-order valence-corrected chi connectivity index (χ4v) is 3.48. The van der Waals surface area contributed by atoms with Gasteiger partial charge in [0, 0.05) is 10.6 Å². The molecule has 9 heteroatoms. The first kappa shape index (κ1) is 20.2. The van der Waals surface area contributed by atoms with E-state index >= 15 is 0 Å². The van der Waals surface area contributed by atoms with Crippen LogP contribution in [0.5, 0.6) is 0 Å². The van der Waals surface area contributed by atoms with Crippen molar-refractivity contribution in [2.45, 2.75) is 0 Å². The Morgan fingerprint density at radius 2 is 1.70 bits per heavy atom. The summed E-state index contributed by atoms with van der Waals surface area (Å²) in [6, 6.07) is 13.9. The van der Waals surface area contributed by atoms with Crippen LogP contribution in [0.25, 0.3) is 17.4 Å². The number of imide groups is 2. The number of anilines is 1. The first-order chi connectivity index (χ1) is 14.3. The van der Waals surface area contributed by atoms with E-state index in [-0.39, 0.29) is 27.1 Å². The molecule has 1 aromatic heterocycles. The van der Waals surface area contributed by atoms with E-state index < -0.39 is 17.8 Å². The minimum absolute atomic E-state index is 0.0117. The Labute approximate surface area is 185 Å². The van der Waals surface area contributed by atoms with Crippen LogP contribution >= 0.6 is 34.8 Å². The topological polar surface area (TPSA) is 79.6 Å². The molecule has 0 atom stereocenters. The van der Waals surface area contributed by atoms with E-state index in [9.17, 15) is 14.4 Å². The zero-order chi connectivity index (χ0) is 21.4. The zero-order valence-electron chi connectivity index (χ0n) is 15.0. The molecule has 0 aliphatic carbocycles. The molecule has 4 amide bonds. The summed E-state index contributed by atoms with van der Waals surface area (Å²) in [5.41, 5.74) is 0.496. The van der Waals surface area contributed by atoms with Crippen LogP contribution in [0.4, 0.5) is 10.5 Å². The molecule has 1 saturated heterocycles. The van der Waals surface area contributed by atoms with Gasteiger partial charge in [0.2, 0.25) is 0 Å². The summed E-state index contributed by atoms with van der Waals surface area (Å²) >= 11 is 18.1. The third-order valence-corrected chi connectivity index (χ3v) is 5.34. The van der Waals surface area contributed by atoms with Crippen molar-refractivity contribution in [1.82, 2.24) is 5.32 Å². The van der Waals surface area contributed by atoms with Crippen LogP contribution in [0.15, 0.2) is 64.6 Å². The van der Waals surface area contributed by atoms with Gasteiger partial charge in [0.15, 0.2) is 0 Å². The predicted molar refractivity (Wildman–Crippen MR) is 115 cm³/mol. The van der Waals surface area contributed by atoms with Gasteiger partial charge in [-0.25, -0.2) is 9.69 Å². The quantitative estimate of drug-likeness (QED) is 0.408. The summed E-state index contributed by atoms with van der Waals surface area (Å²) in [5, 5.41) is 2.83. The molecular weight excluding hydrogens is 451 g/mol. The molecule has 0 unspecified atom stereocenters. The number of hydrogen-bond donors (Lipinski definition) is 1. The number of furan rings is 1. The molecule has 6 nitrogen and oxygen atoms in total. The Morgan fingerprint density at radius 3 is 2.47 bits per heavy atom. The Balaban J connectivity index is 1.71. The molecule has 150 valence electrons. The van der Waals surface area contributed by atoms with Crippen molar-refractivity contribution in [3.8, 4) is 11.3 Å². The van der Waals surface area contributed by atoms with Crippen molar-refractivity contribution in [1.29, 1.82) is 0 Å². The van der Waals surface area contributed by atoms with Crippen LogP contribution in [0, 0.1) is 0 Å². The molecule has 4 rings (SSSR count). The summed E-state index contributed by atoms with van der Waals surface area (Å²) in [5.74, 6) is -0.956. The van der Waals surface area contributed by atoms with Gasteiger partial charge in [-0.2, -0.15) is 0 Å². The Hall–Kier alpha value is -3.06. The maximum atomic E-state index is 13.0. The second kappa shape index (κ2) is 7.99. The first-order valence-corrected chi connectivity index (χ1v) is 9.70. The minimum atomic E-state index is -0.926. The van der Waals surface area contributed by atoms with Gasteiger partial charge >= 0.3 is 6.03 Å². The minimum Gasteiger partial charge on any atom is -0.457 e. The Morgan fingerprint density at radius 1 is 0.933 bits per heavy atom. The first-order valence-electron chi connectivity index (χ1n) is 8.56. The molecule has 1 aliphatic rings. The highest BCUT2D eigenvalue weighted by atomic mass is 35.5. The summed E-state index contributed by atoms with van der Waals surface area (Å²) in [4.78, 5) is 38.3. The Kier molecular flexibility index (Phi) is 5.39. The number of halogens is 3. The number of carbonyl (C=O) groups excluding carboxylic acids is 3. The molecule has 2 aromatic carbocycles. The molecule has 0 radical (unpaired) electrons. The summed E-state index contributed by atoms with van der Waals surface area (Å²) in [7, 11) is 0. The van der Waals surface area contributed by atoms with Crippen LogP contribution in [0.1, 0.15) is 5.76 Å². The fraction of sp³-hybridized carbons (Fsp3) is 0. The number of amides is 4. The van der Waals surface area contributed by atoms with Gasteiger partial charge in [-0.3, -0.25) is 14.9 Å². The van der Waals surface area contributed by atoms with E-state index in [1.54, 1.807) is 30.3 Å².